The quantitative estimate of drug-likeness (QED) is 0.768. The molecule has 1 heterocycles. The van der Waals surface area contributed by atoms with Gasteiger partial charge in [-0.15, -0.1) is 5.10 Å². The standard InChI is InChI=1S/C15H20N6O2S/c1-10(2)8-16-14(23)17-13(22)9-24-15-18-19-20-21(15)12-7-5-4-6-11(12)3/h4-7,10H,8-9H2,1-3H3,(H2,16,17,22,23). The van der Waals surface area contributed by atoms with Crippen LogP contribution in [0, 0.1) is 12.8 Å². The molecule has 0 bridgehead atoms. The number of nitrogens with one attached hydrogen (secondary N) is 2. The third-order valence-corrected chi connectivity index (χ3v) is 3.96. The van der Waals surface area contributed by atoms with Crippen LogP contribution in [0.5, 0.6) is 0 Å². The van der Waals surface area contributed by atoms with E-state index in [9.17, 15) is 9.59 Å². The molecule has 0 saturated heterocycles. The van der Waals surface area contributed by atoms with Crippen molar-refractivity contribution in [2.24, 2.45) is 5.92 Å². The molecule has 0 unspecified atom stereocenters. The van der Waals surface area contributed by atoms with Crippen LogP contribution in [0.2, 0.25) is 0 Å². The van der Waals surface area contributed by atoms with E-state index < -0.39 is 11.9 Å². The number of nitrogens with zero attached hydrogens (tertiary/aromatic N) is 4. The van der Waals surface area contributed by atoms with Crippen molar-refractivity contribution in [3.8, 4) is 5.69 Å². The second-order valence-corrected chi connectivity index (χ2v) is 6.54. The summed E-state index contributed by atoms with van der Waals surface area (Å²) in [7, 11) is 0. The first-order chi connectivity index (χ1) is 11.5. The molecule has 128 valence electrons. The monoisotopic (exact) mass is 348 g/mol. The first-order valence-electron chi connectivity index (χ1n) is 7.52. The van der Waals surface area contributed by atoms with Crippen molar-refractivity contribution >= 4 is 23.7 Å². The number of hydrogen-bond acceptors (Lipinski definition) is 6. The highest BCUT2D eigenvalue weighted by molar-refractivity contribution is 7.99. The Kier molecular flexibility index (Phi) is 6.30. The third-order valence-electron chi connectivity index (χ3n) is 3.04. The lowest BCUT2D eigenvalue weighted by Gasteiger charge is -2.09. The minimum absolute atomic E-state index is 0.0430. The summed E-state index contributed by atoms with van der Waals surface area (Å²) in [6, 6.07) is 7.18. The number of aryl methyl sites for hydroxylation is 1. The number of imide groups is 1. The Morgan fingerprint density at radius 3 is 2.75 bits per heavy atom. The van der Waals surface area contributed by atoms with E-state index in [1.54, 1.807) is 4.68 Å². The molecule has 9 heteroatoms. The van der Waals surface area contributed by atoms with Crippen LogP contribution in [0.25, 0.3) is 5.69 Å². The summed E-state index contributed by atoms with van der Waals surface area (Å²) in [6.07, 6.45) is 0. The topological polar surface area (TPSA) is 102 Å². The van der Waals surface area contributed by atoms with Crippen molar-refractivity contribution in [1.29, 1.82) is 0 Å². The summed E-state index contributed by atoms with van der Waals surface area (Å²) < 4.78 is 1.58. The number of carbonyl (C=O) groups is 2. The lowest BCUT2D eigenvalue weighted by molar-refractivity contribution is -0.117. The smallest absolute Gasteiger partial charge is 0.321 e. The van der Waals surface area contributed by atoms with E-state index in [0.29, 0.717) is 17.6 Å². The van der Waals surface area contributed by atoms with Gasteiger partial charge in [0, 0.05) is 6.54 Å². The first-order valence-corrected chi connectivity index (χ1v) is 8.50. The maximum Gasteiger partial charge on any atom is 0.321 e. The van der Waals surface area contributed by atoms with Gasteiger partial charge < -0.3 is 5.32 Å². The summed E-state index contributed by atoms with van der Waals surface area (Å²) in [5.41, 5.74) is 1.87. The number of tetrazole rings is 1. The molecule has 2 rings (SSSR count). The predicted molar refractivity (Wildman–Crippen MR) is 91.0 cm³/mol. The van der Waals surface area contributed by atoms with Crippen LogP contribution in [0.3, 0.4) is 0 Å². The fraction of sp³-hybridized carbons (Fsp3) is 0.400. The number of amides is 3. The average Bonchev–Trinajstić information content (AvgIpc) is 2.99. The summed E-state index contributed by atoms with van der Waals surface area (Å²) in [4.78, 5) is 23.4. The summed E-state index contributed by atoms with van der Waals surface area (Å²) >= 11 is 1.17. The Morgan fingerprint density at radius 2 is 2.04 bits per heavy atom. The van der Waals surface area contributed by atoms with Gasteiger partial charge in [-0.2, -0.15) is 4.68 Å². The van der Waals surface area contributed by atoms with Gasteiger partial charge in [0.25, 0.3) is 0 Å². The van der Waals surface area contributed by atoms with Gasteiger partial charge in [0.2, 0.25) is 11.1 Å². The predicted octanol–water partition coefficient (Wildman–Crippen LogP) is 1.54. The highest BCUT2D eigenvalue weighted by Crippen LogP contribution is 2.20. The maximum absolute atomic E-state index is 11.8. The lowest BCUT2D eigenvalue weighted by Crippen LogP contribution is -2.41. The molecule has 1 aromatic carbocycles. The van der Waals surface area contributed by atoms with E-state index in [1.165, 1.54) is 11.8 Å². The zero-order valence-corrected chi connectivity index (χ0v) is 14.6. The highest BCUT2D eigenvalue weighted by Gasteiger charge is 2.14. The van der Waals surface area contributed by atoms with Crippen LogP contribution in [-0.4, -0.2) is 44.4 Å². The van der Waals surface area contributed by atoms with Crippen LogP contribution in [-0.2, 0) is 4.79 Å². The molecular weight excluding hydrogens is 328 g/mol. The van der Waals surface area contributed by atoms with Crippen molar-refractivity contribution in [3.63, 3.8) is 0 Å². The summed E-state index contributed by atoms with van der Waals surface area (Å²) in [5, 5.41) is 16.9. The van der Waals surface area contributed by atoms with Gasteiger partial charge in [-0.3, -0.25) is 10.1 Å². The van der Waals surface area contributed by atoms with E-state index in [2.05, 4.69) is 26.2 Å². The van der Waals surface area contributed by atoms with Crippen molar-refractivity contribution < 1.29 is 9.59 Å². The van der Waals surface area contributed by atoms with Gasteiger partial charge in [0.05, 0.1) is 11.4 Å². The van der Waals surface area contributed by atoms with E-state index in [4.69, 9.17) is 0 Å². The Hall–Kier alpha value is -2.42. The fourth-order valence-electron chi connectivity index (χ4n) is 1.85. The lowest BCUT2D eigenvalue weighted by atomic mass is 10.2. The van der Waals surface area contributed by atoms with Crippen molar-refractivity contribution in [1.82, 2.24) is 30.8 Å². The molecular formula is C15H20N6O2S. The molecule has 1 aromatic heterocycles. The van der Waals surface area contributed by atoms with Crippen LogP contribution in [0.4, 0.5) is 4.79 Å². The SMILES string of the molecule is Cc1ccccc1-n1nnnc1SCC(=O)NC(=O)NCC(C)C. The third kappa shape index (κ3) is 5.05. The molecule has 3 amide bonds. The summed E-state index contributed by atoms with van der Waals surface area (Å²) in [5.74, 6) is -0.0407. The van der Waals surface area contributed by atoms with E-state index in [-0.39, 0.29) is 5.75 Å². The van der Waals surface area contributed by atoms with Gasteiger partial charge >= 0.3 is 6.03 Å². The number of urea groups is 1. The molecule has 0 fully saturated rings. The molecule has 0 aliphatic carbocycles. The second-order valence-electron chi connectivity index (χ2n) is 5.60. The molecule has 0 atom stereocenters. The van der Waals surface area contributed by atoms with E-state index in [0.717, 1.165) is 11.3 Å². The Morgan fingerprint density at radius 1 is 1.29 bits per heavy atom. The molecule has 8 nitrogen and oxygen atoms in total. The molecule has 0 aliphatic heterocycles. The number of para-hydroxylation sites is 1. The van der Waals surface area contributed by atoms with Crippen molar-refractivity contribution in [3.05, 3.63) is 29.8 Å². The fourth-order valence-corrected chi connectivity index (χ4v) is 2.54. The van der Waals surface area contributed by atoms with Gasteiger partial charge in [-0.05, 0) is 34.9 Å². The zero-order valence-electron chi connectivity index (χ0n) is 13.8. The highest BCUT2D eigenvalue weighted by atomic mass is 32.2. The van der Waals surface area contributed by atoms with Gasteiger partial charge in [-0.25, -0.2) is 4.79 Å². The van der Waals surface area contributed by atoms with E-state index >= 15 is 0 Å². The molecule has 0 saturated carbocycles. The second kappa shape index (κ2) is 8.44. The summed E-state index contributed by atoms with van der Waals surface area (Å²) in [6.45, 7) is 6.42. The molecule has 0 radical (unpaired) electrons. The largest absolute Gasteiger partial charge is 0.338 e. The Labute approximate surface area is 144 Å². The minimum atomic E-state index is -0.493. The maximum atomic E-state index is 11.8. The molecule has 2 aromatic rings. The molecule has 24 heavy (non-hydrogen) atoms. The molecule has 2 N–H and O–H groups in total. The Balaban J connectivity index is 1.92. The minimum Gasteiger partial charge on any atom is -0.338 e. The van der Waals surface area contributed by atoms with E-state index in [1.807, 2.05) is 45.0 Å². The van der Waals surface area contributed by atoms with Crippen LogP contribution in [0.1, 0.15) is 19.4 Å². The zero-order chi connectivity index (χ0) is 17.5. The van der Waals surface area contributed by atoms with Crippen molar-refractivity contribution in [2.75, 3.05) is 12.3 Å². The van der Waals surface area contributed by atoms with Crippen molar-refractivity contribution in [2.45, 2.75) is 25.9 Å². The van der Waals surface area contributed by atoms with Gasteiger partial charge in [-0.1, -0.05) is 43.8 Å². The normalized spacial score (nSPS) is 10.7. The number of hydrogen-bond donors (Lipinski definition) is 2. The van der Waals surface area contributed by atoms with Gasteiger partial charge in [0.15, 0.2) is 0 Å². The number of carbonyl (C=O) groups excluding carboxylic acids is 2. The Bertz CT molecular complexity index is 715. The number of rotatable bonds is 6. The molecule has 0 aliphatic rings. The number of benzene rings is 1. The van der Waals surface area contributed by atoms with Gasteiger partial charge in [0.1, 0.15) is 0 Å². The first kappa shape index (κ1) is 17.9. The van der Waals surface area contributed by atoms with Crippen LogP contribution in [0.15, 0.2) is 29.4 Å². The number of aromatic nitrogens is 4. The van der Waals surface area contributed by atoms with Crippen LogP contribution < -0.4 is 10.6 Å². The molecule has 0 spiro atoms. The van der Waals surface area contributed by atoms with Crippen LogP contribution >= 0.6 is 11.8 Å². The average molecular weight is 348 g/mol. The number of thioether (sulfide) groups is 1.